The fraction of sp³-hybridized carbons (Fsp3) is 0.750. The van der Waals surface area contributed by atoms with Crippen molar-refractivity contribution in [1.29, 1.82) is 0 Å². The van der Waals surface area contributed by atoms with Gasteiger partial charge >= 0.3 is 0 Å². The van der Waals surface area contributed by atoms with Gasteiger partial charge in [0.05, 0.1) is 11.4 Å². The number of nitrogens with zero attached hydrogens (tertiary/aromatic N) is 1. The zero-order chi connectivity index (χ0) is 9.14. The molecule has 1 aliphatic rings. The van der Waals surface area contributed by atoms with Crippen LogP contribution in [-0.4, -0.2) is 28.9 Å². The van der Waals surface area contributed by atoms with Gasteiger partial charge in [-0.15, -0.1) is 0 Å². The Morgan fingerprint density at radius 1 is 1.67 bits per heavy atom. The van der Waals surface area contributed by atoms with Gasteiger partial charge in [0.25, 0.3) is 0 Å². The van der Waals surface area contributed by atoms with Gasteiger partial charge in [0, 0.05) is 13.1 Å². The first-order chi connectivity index (χ1) is 5.61. The van der Waals surface area contributed by atoms with Crippen LogP contribution in [0.1, 0.15) is 25.7 Å². The highest BCUT2D eigenvalue weighted by Gasteiger charge is 2.25. The summed E-state index contributed by atoms with van der Waals surface area (Å²) in [4.78, 5) is 13.4. The fourth-order valence-corrected chi connectivity index (χ4v) is 1.37. The summed E-state index contributed by atoms with van der Waals surface area (Å²) in [6.45, 7) is 0. The molecule has 0 unspecified atom stereocenters. The van der Waals surface area contributed by atoms with Gasteiger partial charge in [-0.3, -0.25) is 4.79 Å². The Balaban J connectivity index is 2.34. The quantitative estimate of drug-likeness (QED) is 0.659. The maximum atomic E-state index is 11.3. The molecule has 1 rings (SSSR count). The Morgan fingerprint density at radius 3 is 2.58 bits per heavy atom. The lowest BCUT2D eigenvalue weighted by molar-refractivity contribution is -0.132. The Labute approximate surface area is 77.9 Å². The van der Waals surface area contributed by atoms with Crippen LogP contribution in [0.2, 0.25) is 0 Å². The van der Waals surface area contributed by atoms with Crippen LogP contribution in [0.5, 0.6) is 0 Å². The average molecular weight is 186 g/mol. The molecule has 1 fully saturated rings. The lowest BCUT2D eigenvalue weighted by atomic mass is 9.92. The molecule has 0 bridgehead atoms. The summed E-state index contributed by atoms with van der Waals surface area (Å²) in [6.07, 6.45) is 3.69. The number of nitrogens with two attached hydrogens (primary N) is 1. The number of carbonyl (C=O) groups is 1. The minimum atomic E-state index is 0.0483. The summed E-state index contributed by atoms with van der Waals surface area (Å²) in [5, 5.41) is 0. The molecule has 0 aromatic heterocycles. The summed E-state index contributed by atoms with van der Waals surface area (Å²) in [5.41, 5.74) is 5.27. The first-order valence-electron chi connectivity index (χ1n) is 4.15. The van der Waals surface area contributed by atoms with Crippen LogP contribution in [0.3, 0.4) is 0 Å². The molecule has 0 radical (unpaired) electrons. The average Bonchev–Trinajstić information content (AvgIpc) is 1.81. The Bertz CT molecular complexity index is 201. The van der Waals surface area contributed by atoms with Crippen molar-refractivity contribution in [3.8, 4) is 0 Å². The molecule has 1 saturated carbocycles. The predicted octanol–water partition coefficient (Wildman–Crippen LogP) is 0.673. The third-order valence-electron chi connectivity index (χ3n) is 2.34. The molecule has 1 amide bonds. The normalized spacial score (nSPS) is 16.8. The smallest absolute Gasteiger partial charge is 0.229 e. The van der Waals surface area contributed by atoms with Gasteiger partial charge in [-0.25, -0.2) is 0 Å². The molecule has 3 nitrogen and oxygen atoms in total. The van der Waals surface area contributed by atoms with E-state index in [-0.39, 0.29) is 17.3 Å². The first kappa shape index (κ1) is 9.45. The number of amides is 1. The summed E-state index contributed by atoms with van der Waals surface area (Å²) in [7, 11) is 1.82. The number of hydrogen-bond acceptors (Lipinski definition) is 2. The molecule has 1 aliphatic carbocycles. The minimum absolute atomic E-state index is 0.0483. The van der Waals surface area contributed by atoms with Crippen molar-refractivity contribution < 1.29 is 4.79 Å². The van der Waals surface area contributed by atoms with Gasteiger partial charge in [0.2, 0.25) is 5.91 Å². The Kier molecular flexibility index (Phi) is 3.03. The van der Waals surface area contributed by atoms with Gasteiger partial charge < -0.3 is 10.6 Å². The molecular formula is C8H14N2OS. The highest BCUT2D eigenvalue weighted by molar-refractivity contribution is 7.80. The van der Waals surface area contributed by atoms with Crippen LogP contribution in [0, 0.1) is 0 Å². The molecule has 4 heteroatoms. The van der Waals surface area contributed by atoms with Crippen molar-refractivity contribution in [3.63, 3.8) is 0 Å². The van der Waals surface area contributed by atoms with Gasteiger partial charge in [-0.2, -0.15) is 0 Å². The predicted molar refractivity (Wildman–Crippen MR) is 51.8 cm³/mol. The van der Waals surface area contributed by atoms with Crippen molar-refractivity contribution in [2.45, 2.75) is 31.7 Å². The third kappa shape index (κ3) is 2.17. The monoisotopic (exact) mass is 186 g/mol. The van der Waals surface area contributed by atoms with Gasteiger partial charge in [0.1, 0.15) is 0 Å². The van der Waals surface area contributed by atoms with Crippen molar-refractivity contribution >= 4 is 23.1 Å². The molecule has 0 saturated heterocycles. The molecule has 2 N–H and O–H groups in total. The third-order valence-corrected chi connectivity index (χ3v) is 2.49. The zero-order valence-electron chi connectivity index (χ0n) is 7.25. The maximum absolute atomic E-state index is 11.3. The molecule has 12 heavy (non-hydrogen) atoms. The van der Waals surface area contributed by atoms with E-state index >= 15 is 0 Å². The maximum Gasteiger partial charge on any atom is 0.229 e. The number of carbonyl (C=O) groups excluding carboxylic acids is 1. The highest BCUT2D eigenvalue weighted by atomic mass is 32.1. The van der Waals surface area contributed by atoms with E-state index in [0.29, 0.717) is 6.04 Å². The topological polar surface area (TPSA) is 46.3 Å². The van der Waals surface area contributed by atoms with Crippen LogP contribution in [0.25, 0.3) is 0 Å². The second-order valence-electron chi connectivity index (χ2n) is 3.23. The molecule has 0 atom stereocenters. The van der Waals surface area contributed by atoms with Crippen molar-refractivity contribution in [1.82, 2.24) is 4.90 Å². The lowest BCUT2D eigenvalue weighted by Crippen LogP contribution is -2.42. The summed E-state index contributed by atoms with van der Waals surface area (Å²) in [5.74, 6) is 0.0483. The van der Waals surface area contributed by atoms with Gasteiger partial charge in [-0.05, 0) is 19.3 Å². The fourth-order valence-electron chi connectivity index (χ4n) is 1.25. The van der Waals surface area contributed by atoms with Crippen molar-refractivity contribution in [2.75, 3.05) is 7.05 Å². The molecule has 68 valence electrons. The van der Waals surface area contributed by atoms with Crippen LogP contribution in [-0.2, 0) is 4.79 Å². The molecule has 0 aliphatic heterocycles. The molecule has 0 aromatic carbocycles. The van der Waals surface area contributed by atoms with E-state index in [1.165, 1.54) is 6.42 Å². The summed E-state index contributed by atoms with van der Waals surface area (Å²) < 4.78 is 0. The number of rotatable bonds is 3. The van der Waals surface area contributed by atoms with Crippen molar-refractivity contribution in [3.05, 3.63) is 0 Å². The van der Waals surface area contributed by atoms with E-state index in [4.69, 9.17) is 5.73 Å². The highest BCUT2D eigenvalue weighted by Crippen LogP contribution is 2.23. The first-order valence-corrected chi connectivity index (χ1v) is 4.56. The second-order valence-corrected chi connectivity index (χ2v) is 3.76. The van der Waals surface area contributed by atoms with Crippen LogP contribution in [0.15, 0.2) is 0 Å². The van der Waals surface area contributed by atoms with Crippen LogP contribution >= 0.6 is 12.2 Å². The number of thiocarbonyl (C=S) groups is 1. The van der Waals surface area contributed by atoms with E-state index in [2.05, 4.69) is 12.2 Å². The molecule has 0 spiro atoms. The molecule has 0 heterocycles. The van der Waals surface area contributed by atoms with E-state index in [9.17, 15) is 4.79 Å². The number of hydrogen-bond donors (Lipinski definition) is 1. The zero-order valence-corrected chi connectivity index (χ0v) is 8.06. The van der Waals surface area contributed by atoms with E-state index in [1.807, 2.05) is 7.05 Å². The lowest BCUT2D eigenvalue weighted by Gasteiger charge is -2.34. The van der Waals surface area contributed by atoms with Gasteiger partial charge in [-0.1, -0.05) is 12.2 Å². The van der Waals surface area contributed by atoms with E-state index in [0.717, 1.165) is 12.8 Å². The summed E-state index contributed by atoms with van der Waals surface area (Å²) in [6, 6.07) is 0.437. The second kappa shape index (κ2) is 3.85. The van der Waals surface area contributed by atoms with E-state index < -0.39 is 0 Å². The van der Waals surface area contributed by atoms with Crippen molar-refractivity contribution in [2.24, 2.45) is 5.73 Å². The minimum Gasteiger partial charge on any atom is -0.393 e. The molecule has 0 aromatic rings. The molecular weight excluding hydrogens is 172 g/mol. The summed E-state index contributed by atoms with van der Waals surface area (Å²) >= 11 is 4.66. The van der Waals surface area contributed by atoms with E-state index in [1.54, 1.807) is 4.90 Å². The largest absolute Gasteiger partial charge is 0.393 e. The van der Waals surface area contributed by atoms with Crippen LogP contribution in [0.4, 0.5) is 0 Å². The SMILES string of the molecule is CN(C(=O)CC(N)=S)C1CCC1. The van der Waals surface area contributed by atoms with Gasteiger partial charge in [0.15, 0.2) is 0 Å². The Morgan fingerprint density at radius 2 is 2.25 bits per heavy atom. The standard InChI is InChI=1S/C8H14N2OS/c1-10(6-3-2-4-6)8(11)5-7(9)12/h6H,2-5H2,1H3,(H2,9,12). The van der Waals surface area contributed by atoms with Crippen LogP contribution < -0.4 is 5.73 Å². The Hall–Kier alpha value is -0.640.